The number of aromatic nitrogens is 2. The minimum Gasteiger partial charge on any atom is -0.508 e. The number of nitrogen functional groups attached to an aromatic ring is 2. The predicted octanol–water partition coefficient (Wildman–Crippen LogP) is 3.50. The molecule has 4 rings (SSSR count). The number of thioether (sulfide) groups is 1. The number of aromatic hydroxyl groups is 1. The fourth-order valence-corrected chi connectivity index (χ4v) is 4.95. The van der Waals surface area contributed by atoms with Gasteiger partial charge in [-0.15, -0.1) is 0 Å². The Kier molecular flexibility index (Phi) is 7.93. The lowest BCUT2D eigenvalue weighted by Gasteiger charge is -2.34. The number of benzene rings is 2. The standard InChI is InChI=1S/C24H29ClN6OS/c25-20-7-3-1-6-18(20)16-31-11-9-30(10-12-31)13-14-33-24-28-22(26)19(23(27)29-24)15-17-5-2-4-8-21(17)32/h1-8,32H,9-16H2,(H4,26,27,28,29). The highest BCUT2D eigenvalue weighted by Gasteiger charge is 2.18. The molecule has 1 aliphatic rings. The van der Waals surface area contributed by atoms with Crippen molar-refractivity contribution in [1.82, 2.24) is 19.8 Å². The zero-order valence-electron chi connectivity index (χ0n) is 18.5. The second-order valence-corrected chi connectivity index (χ2v) is 9.59. The molecule has 0 radical (unpaired) electrons. The van der Waals surface area contributed by atoms with E-state index in [0.29, 0.717) is 28.8 Å². The molecule has 33 heavy (non-hydrogen) atoms. The van der Waals surface area contributed by atoms with E-state index in [9.17, 15) is 5.11 Å². The second kappa shape index (κ2) is 11.1. The van der Waals surface area contributed by atoms with Crippen molar-refractivity contribution < 1.29 is 5.11 Å². The molecule has 1 fully saturated rings. The highest BCUT2D eigenvalue weighted by molar-refractivity contribution is 7.99. The predicted molar refractivity (Wildman–Crippen MR) is 136 cm³/mol. The molecule has 1 saturated heterocycles. The monoisotopic (exact) mass is 484 g/mol. The smallest absolute Gasteiger partial charge is 0.191 e. The third-order valence-corrected chi connectivity index (χ3v) is 7.06. The van der Waals surface area contributed by atoms with Gasteiger partial charge in [-0.05, 0) is 23.3 Å². The van der Waals surface area contributed by atoms with Crippen LogP contribution in [-0.2, 0) is 13.0 Å². The minimum atomic E-state index is 0.210. The van der Waals surface area contributed by atoms with Crippen molar-refractivity contribution in [2.75, 3.05) is 49.9 Å². The molecular formula is C24H29ClN6OS. The third-order valence-electron chi connectivity index (χ3n) is 5.86. The number of piperazine rings is 1. The fraction of sp³-hybridized carbons (Fsp3) is 0.333. The summed E-state index contributed by atoms with van der Waals surface area (Å²) in [7, 11) is 0. The quantitative estimate of drug-likeness (QED) is 0.329. The van der Waals surface area contributed by atoms with Gasteiger partial charge in [-0.2, -0.15) is 0 Å². The average Bonchev–Trinajstić information content (AvgIpc) is 2.80. The van der Waals surface area contributed by atoms with Crippen molar-refractivity contribution in [1.29, 1.82) is 0 Å². The van der Waals surface area contributed by atoms with Gasteiger partial charge in [0.15, 0.2) is 5.16 Å². The van der Waals surface area contributed by atoms with E-state index in [1.807, 2.05) is 30.3 Å². The zero-order valence-corrected chi connectivity index (χ0v) is 20.0. The molecule has 174 valence electrons. The molecule has 0 atom stereocenters. The molecule has 0 spiro atoms. The lowest BCUT2D eigenvalue weighted by molar-refractivity contribution is 0.133. The van der Waals surface area contributed by atoms with Crippen LogP contribution in [0.2, 0.25) is 5.02 Å². The fourth-order valence-electron chi connectivity index (χ4n) is 3.90. The Morgan fingerprint density at radius 2 is 1.48 bits per heavy atom. The van der Waals surface area contributed by atoms with Crippen LogP contribution in [0.5, 0.6) is 5.75 Å². The van der Waals surface area contributed by atoms with E-state index >= 15 is 0 Å². The van der Waals surface area contributed by atoms with E-state index in [1.165, 1.54) is 5.56 Å². The number of phenols is 1. The first-order chi connectivity index (χ1) is 16.0. The van der Waals surface area contributed by atoms with Crippen LogP contribution in [0.1, 0.15) is 16.7 Å². The maximum atomic E-state index is 10.0. The number of anilines is 2. The summed E-state index contributed by atoms with van der Waals surface area (Å²) < 4.78 is 0. The topological polar surface area (TPSA) is 105 Å². The summed E-state index contributed by atoms with van der Waals surface area (Å²) in [5.41, 5.74) is 14.9. The number of rotatable bonds is 8. The molecule has 0 bridgehead atoms. The molecule has 7 nitrogen and oxygen atoms in total. The van der Waals surface area contributed by atoms with Crippen molar-refractivity contribution >= 4 is 35.0 Å². The molecule has 9 heteroatoms. The maximum absolute atomic E-state index is 10.0. The molecule has 1 aliphatic heterocycles. The summed E-state index contributed by atoms with van der Waals surface area (Å²) in [5, 5.41) is 11.4. The van der Waals surface area contributed by atoms with E-state index < -0.39 is 0 Å². The van der Waals surface area contributed by atoms with Gasteiger partial charge in [-0.1, -0.05) is 59.8 Å². The number of nitrogens with zero attached hydrogens (tertiary/aromatic N) is 4. The second-order valence-electron chi connectivity index (χ2n) is 8.12. The van der Waals surface area contributed by atoms with E-state index in [2.05, 4.69) is 25.8 Å². The number of para-hydroxylation sites is 1. The molecule has 0 aliphatic carbocycles. The number of hydrogen-bond acceptors (Lipinski definition) is 8. The Labute approximate surface area is 203 Å². The van der Waals surface area contributed by atoms with Crippen molar-refractivity contribution in [3.05, 3.63) is 70.2 Å². The molecule has 0 amide bonds. The van der Waals surface area contributed by atoms with Crippen LogP contribution < -0.4 is 11.5 Å². The van der Waals surface area contributed by atoms with Gasteiger partial charge < -0.3 is 16.6 Å². The molecule has 0 saturated carbocycles. The number of phenolic OH excluding ortho intramolecular Hbond substituents is 1. The highest BCUT2D eigenvalue weighted by Crippen LogP contribution is 2.27. The average molecular weight is 485 g/mol. The van der Waals surface area contributed by atoms with E-state index in [1.54, 1.807) is 23.9 Å². The van der Waals surface area contributed by atoms with Gasteiger partial charge in [0.2, 0.25) is 0 Å². The first-order valence-corrected chi connectivity index (χ1v) is 12.4. The first-order valence-electron chi connectivity index (χ1n) is 11.0. The van der Waals surface area contributed by atoms with Gasteiger partial charge in [0, 0.05) is 62.0 Å². The van der Waals surface area contributed by atoms with Gasteiger partial charge in [0.1, 0.15) is 17.4 Å². The Morgan fingerprint density at radius 1 is 0.879 bits per heavy atom. The Hall–Kier alpha value is -2.52. The van der Waals surface area contributed by atoms with Gasteiger partial charge >= 0.3 is 0 Å². The zero-order chi connectivity index (χ0) is 23.2. The van der Waals surface area contributed by atoms with Gasteiger partial charge in [0.25, 0.3) is 0 Å². The van der Waals surface area contributed by atoms with Gasteiger partial charge in [-0.3, -0.25) is 9.80 Å². The van der Waals surface area contributed by atoms with Crippen LogP contribution in [0.3, 0.4) is 0 Å². The molecule has 5 N–H and O–H groups in total. The summed E-state index contributed by atoms with van der Waals surface area (Å²) in [4.78, 5) is 13.8. The van der Waals surface area contributed by atoms with Crippen LogP contribution in [0.25, 0.3) is 0 Å². The Bertz CT molecular complexity index is 1070. The number of nitrogens with two attached hydrogens (primary N) is 2. The van der Waals surface area contributed by atoms with Crippen molar-refractivity contribution in [2.45, 2.75) is 18.1 Å². The normalized spacial score (nSPS) is 15.1. The summed E-state index contributed by atoms with van der Waals surface area (Å²) >= 11 is 7.86. The van der Waals surface area contributed by atoms with Crippen LogP contribution in [0.4, 0.5) is 11.6 Å². The third kappa shape index (κ3) is 6.29. The van der Waals surface area contributed by atoms with Crippen LogP contribution >= 0.6 is 23.4 Å². The molecular weight excluding hydrogens is 456 g/mol. The Balaban J connectivity index is 1.25. The molecule has 2 heterocycles. The highest BCUT2D eigenvalue weighted by atomic mass is 35.5. The van der Waals surface area contributed by atoms with E-state index in [-0.39, 0.29) is 5.75 Å². The van der Waals surface area contributed by atoms with Gasteiger partial charge in [0.05, 0.1) is 0 Å². The summed E-state index contributed by atoms with van der Waals surface area (Å²) in [6.07, 6.45) is 0.397. The lowest BCUT2D eigenvalue weighted by Crippen LogP contribution is -2.46. The Morgan fingerprint density at radius 3 is 2.15 bits per heavy atom. The van der Waals surface area contributed by atoms with Gasteiger partial charge in [-0.25, -0.2) is 9.97 Å². The molecule has 2 aromatic carbocycles. The van der Waals surface area contributed by atoms with Crippen LogP contribution in [0.15, 0.2) is 53.7 Å². The minimum absolute atomic E-state index is 0.210. The van der Waals surface area contributed by atoms with Crippen LogP contribution in [-0.4, -0.2) is 63.4 Å². The van der Waals surface area contributed by atoms with Crippen molar-refractivity contribution in [2.24, 2.45) is 0 Å². The molecule has 3 aromatic rings. The SMILES string of the molecule is Nc1nc(SCCN2CCN(Cc3ccccc3Cl)CC2)nc(N)c1Cc1ccccc1O. The summed E-state index contributed by atoms with van der Waals surface area (Å²) in [6.45, 7) is 5.93. The van der Waals surface area contributed by atoms with Crippen molar-refractivity contribution in [3.8, 4) is 5.75 Å². The molecule has 1 aromatic heterocycles. The summed E-state index contributed by atoms with van der Waals surface area (Å²) in [6, 6.07) is 15.2. The number of hydrogen-bond donors (Lipinski definition) is 3. The van der Waals surface area contributed by atoms with Crippen LogP contribution in [0, 0.1) is 0 Å². The van der Waals surface area contributed by atoms with Crippen molar-refractivity contribution in [3.63, 3.8) is 0 Å². The number of halogens is 1. The summed E-state index contributed by atoms with van der Waals surface area (Å²) in [5.74, 6) is 1.80. The van der Waals surface area contributed by atoms with E-state index in [0.717, 1.165) is 55.6 Å². The largest absolute Gasteiger partial charge is 0.508 e. The molecule has 0 unspecified atom stereocenters. The first kappa shape index (κ1) is 23.6. The van der Waals surface area contributed by atoms with E-state index in [4.69, 9.17) is 23.1 Å². The lowest BCUT2D eigenvalue weighted by atomic mass is 10.1. The maximum Gasteiger partial charge on any atom is 0.191 e.